The van der Waals surface area contributed by atoms with Crippen molar-refractivity contribution in [3.8, 4) is 0 Å². The number of nitrogens with one attached hydrogen (secondary N) is 1. The van der Waals surface area contributed by atoms with Crippen molar-refractivity contribution >= 4 is 38.8 Å². The van der Waals surface area contributed by atoms with Crippen molar-refractivity contribution in [3.05, 3.63) is 60.5 Å². The van der Waals surface area contributed by atoms with E-state index in [1.165, 1.54) is 23.5 Å². The predicted molar refractivity (Wildman–Crippen MR) is 112 cm³/mol. The minimum absolute atomic E-state index is 0.0560. The number of nitro benzene ring substituents is 1. The SMILES string of the molecule is Cc1c(NC(=O)c2sc3nc4n(c(=O)c3c2C)CCCCC4)cccc1[N+](=O)[O-]. The lowest BCUT2D eigenvalue weighted by Crippen LogP contribution is -2.24. The third kappa shape index (κ3) is 3.31. The fraction of sp³-hybridized carbons (Fsp3) is 0.350. The predicted octanol–water partition coefficient (Wildman–Crippen LogP) is 3.96. The molecule has 1 aromatic carbocycles. The number of thiophene rings is 1. The molecule has 1 amide bonds. The molecule has 150 valence electrons. The fourth-order valence-corrected chi connectivity index (χ4v) is 4.85. The van der Waals surface area contributed by atoms with Crippen LogP contribution in [0.1, 0.15) is 45.9 Å². The van der Waals surface area contributed by atoms with Gasteiger partial charge < -0.3 is 5.32 Å². The highest BCUT2D eigenvalue weighted by Gasteiger charge is 2.23. The normalized spacial score (nSPS) is 13.7. The molecule has 29 heavy (non-hydrogen) atoms. The summed E-state index contributed by atoms with van der Waals surface area (Å²) in [6, 6.07) is 4.55. The molecule has 0 saturated heterocycles. The van der Waals surface area contributed by atoms with Crippen molar-refractivity contribution in [1.82, 2.24) is 9.55 Å². The van der Waals surface area contributed by atoms with E-state index in [2.05, 4.69) is 10.3 Å². The second-order valence-electron chi connectivity index (χ2n) is 7.19. The van der Waals surface area contributed by atoms with Gasteiger partial charge in [-0.2, -0.15) is 0 Å². The number of carbonyl (C=O) groups is 1. The standard InChI is InChI=1S/C20H20N4O4S/c1-11-13(7-6-8-14(11)24(27)28)21-18(25)17-12(2)16-19(29-17)22-15-9-4-3-5-10-23(15)20(16)26/h6-8H,3-5,9-10H2,1-2H3,(H,21,25). The van der Waals surface area contributed by atoms with Crippen molar-refractivity contribution in [2.75, 3.05) is 5.32 Å². The lowest BCUT2D eigenvalue weighted by atomic mass is 10.1. The molecule has 9 heteroatoms. The van der Waals surface area contributed by atoms with Gasteiger partial charge in [0.15, 0.2) is 0 Å². The number of benzene rings is 1. The Bertz CT molecular complexity index is 1210. The van der Waals surface area contributed by atoms with Gasteiger partial charge in [-0.15, -0.1) is 11.3 Å². The van der Waals surface area contributed by atoms with Crippen molar-refractivity contribution in [3.63, 3.8) is 0 Å². The van der Waals surface area contributed by atoms with Crippen LogP contribution in [-0.4, -0.2) is 20.4 Å². The first-order valence-electron chi connectivity index (χ1n) is 9.46. The number of amides is 1. The van der Waals surface area contributed by atoms with E-state index in [0.717, 1.165) is 31.5 Å². The molecule has 0 spiro atoms. The summed E-state index contributed by atoms with van der Waals surface area (Å²) in [6.07, 6.45) is 3.78. The average Bonchev–Trinajstić information content (AvgIpc) is 2.85. The topological polar surface area (TPSA) is 107 Å². The van der Waals surface area contributed by atoms with Gasteiger partial charge in [0.2, 0.25) is 0 Å². The molecule has 0 bridgehead atoms. The lowest BCUT2D eigenvalue weighted by molar-refractivity contribution is -0.385. The number of hydrogen-bond donors (Lipinski definition) is 1. The zero-order valence-electron chi connectivity index (χ0n) is 16.2. The van der Waals surface area contributed by atoms with Gasteiger partial charge in [0, 0.05) is 19.0 Å². The van der Waals surface area contributed by atoms with Crippen molar-refractivity contribution in [2.24, 2.45) is 0 Å². The van der Waals surface area contributed by atoms with E-state index in [1.54, 1.807) is 24.5 Å². The molecule has 2 aromatic heterocycles. The highest BCUT2D eigenvalue weighted by atomic mass is 32.1. The summed E-state index contributed by atoms with van der Waals surface area (Å²) in [4.78, 5) is 42.3. The number of fused-ring (bicyclic) bond motifs is 2. The van der Waals surface area contributed by atoms with E-state index < -0.39 is 10.8 Å². The molecule has 0 unspecified atom stereocenters. The van der Waals surface area contributed by atoms with Crippen molar-refractivity contribution in [1.29, 1.82) is 0 Å². The van der Waals surface area contributed by atoms with Crippen LogP contribution in [0.5, 0.6) is 0 Å². The molecule has 0 fully saturated rings. The third-order valence-corrected chi connectivity index (χ3v) is 6.55. The Morgan fingerprint density at radius 2 is 2.03 bits per heavy atom. The Morgan fingerprint density at radius 3 is 2.79 bits per heavy atom. The quantitative estimate of drug-likeness (QED) is 0.517. The highest BCUT2D eigenvalue weighted by molar-refractivity contribution is 7.20. The lowest BCUT2D eigenvalue weighted by Gasteiger charge is -2.08. The van der Waals surface area contributed by atoms with Gasteiger partial charge in [0.05, 0.1) is 26.4 Å². The second kappa shape index (κ2) is 7.40. The van der Waals surface area contributed by atoms with E-state index in [0.29, 0.717) is 38.5 Å². The van der Waals surface area contributed by atoms with Crippen LogP contribution in [0, 0.1) is 24.0 Å². The maximum Gasteiger partial charge on any atom is 0.274 e. The van der Waals surface area contributed by atoms with Gasteiger partial charge in [-0.25, -0.2) is 4.98 Å². The molecule has 1 aliphatic heterocycles. The minimum Gasteiger partial charge on any atom is -0.321 e. The number of hydrogen-bond acceptors (Lipinski definition) is 6. The molecule has 3 heterocycles. The van der Waals surface area contributed by atoms with Gasteiger partial charge in [-0.3, -0.25) is 24.3 Å². The van der Waals surface area contributed by atoms with Crippen LogP contribution >= 0.6 is 11.3 Å². The summed E-state index contributed by atoms with van der Waals surface area (Å²) in [7, 11) is 0. The van der Waals surface area contributed by atoms with Crippen LogP contribution in [0.2, 0.25) is 0 Å². The van der Waals surface area contributed by atoms with E-state index in [1.807, 2.05) is 0 Å². The zero-order valence-corrected chi connectivity index (χ0v) is 17.0. The van der Waals surface area contributed by atoms with Crippen LogP contribution in [0.15, 0.2) is 23.0 Å². The Balaban J connectivity index is 1.75. The van der Waals surface area contributed by atoms with E-state index >= 15 is 0 Å². The van der Waals surface area contributed by atoms with Gasteiger partial charge >= 0.3 is 0 Å². The first-order valence-corrected chi connectivity index (χ1v) is 10.3. The molecule has 0 aliphatic carbocycles. The zero-order chi connectivity index (χ0) is 20.7. The number of rotatable bonds is 3. The maximum absolute atomic E-state index is 13.0. The van der Waals surface area contributed by atoms with Crippen LogP contribution in [-0.2, 0) is 13.0 Å². The summed E-state index contributed by atoms with van der Waals surface area (Å²) in [5.41, 5.74) is 1.21. The second-order valence-corrected chi connectivity index (χ2v) is 8.19. The summed E-state index contributed by atoms with van der Waals surface area (Å²) in [5, 5.41) is 14.4. The fourth-order valence-electron chi connectivity index (χ4n) is 3.76. The molecule has 1 aliphatic rings. The third-order valence-electron chi connectivity index (χ3n) is 5.37. The van der Waals surface area contributed by atoms with E-state index in [-0.39, 0.29) is 11.2 Å². The maximum atomic E-state index is 13.0. The molecule has 8 nitrogen and oxygen atoms in total. The number of aryl methyl sites for hydroxylation is 2. The number of nitro groups is 1. The molecule has 4 rings (SSSR count). The first kappa shape index (κ1) is 19.3. The van der Waals surface area contributed by atoms with Crippen molar-refractivity contribution < 1.29 is 9.72 Å². The Labute approximate surface area is 170 Å². The van der Waals surface area contributed by atoms with Gasteiger partial charge in [0.1, 0.15) is 10.7 Å². The van der Waals surface area contributed by atoms with Crippen LogP contribution in [0.4, 0.5) is 11.4 Å². The minimum atomic E-state index is -0.479. The van der Waals surface area contributed by atoms with Crippen molar-refractivity contribution in [2.45, 2.75) is 46.1 Å². The largest absolute Gasteiger partial charge is 0.321 e. The van der Waals surface area contributed by atoms with Crippen LogP contribution in [0.25, 0.3) is 10.2 Å². The Morgan fingerprint density at radius 1 is 1.24 bits per heavy atom. The van der Waals surface area contributed by atoms with E-state index in [9.17, 15) is 19.7 Å². The average molecular weight is 412 g/mol. The molecule has 0 saturated carbocycles. The Hall–Kier alpha value is -3.07. The first-order chi connectivity index (χ1) is 13.9. The number of anilines is 1. The van der Waals surface area contributed by atoms with Gasteiger partial charge in [-0.05, 0) is 38.3 Å². The molecule has 3 aromatic rings. The number of nitrogens with zero attached hydrogens (tertiary/aromatic N) is 3. The van der Waals surface area contributed by atoms with Gasteiger partial charge in [-0.1, -0.05) is 12.5 Å². The highest BCUT2D eigenvalue weighted by Crippen LogP contribution is 2.30. The monoisotopic (exact) mass is 412 g/mol. The molecule has 1 N–H and O–H groups in total. The summed E-state index contributed by atoms with van der Waals surface area (Å²) < 4.78 is 1.74. The summed E-state index contributed by atoms with van der Waals surface area (Å²) in [5.74, 6) is 0.386. The molecule has 0 atom stereocenters. The van der Waals surface area contributed by atoms with Crippen LogP contribution in [0.3, 0.4) is 0 Å². The van der Waals surface area contributed by atoms with Crippen LogP contribution < -0.4 is 10.9 Å². The summed E-state index contributed by atoms with van der Waals surface area (Å²) >= 11 is 1.19. The smallest absolute Gasteiger partial charge is 0.274 e. The molecular formula is C20H20N4O4S. The van der Waals surface area contributed by atoms with Gasteiger partial charge in [0.25, 0.3) is 17.2 Å². The van der Waals surface area contributed by atoms with E-state index in [4.69, 9.17) is 0 Å². The number of aromatic nitrogens is 2. The summed E-state index contributed by atoms with van der Waals surface area (Å²) in [6.45, 7) is 4.00. The Kier molecular flexibility index (Phi) is 4.91. The molecule has 0 radical (unpaired) electrons. The molecular weight excluding hydrogens is 392 g/mol. The number of carbonyl (C=O) groups excluding carboxylic acids is 1.